The van der Waals surface area contributed by atoms with Gasteiger partial charge in [0.15, 0.2) is 0 Å². The molecule has 0 fully saturated rings. The maximum absolute atomic E-state index is 9.17. The van der Waals surface area contributed by atoms with E-state index in [1.165, 1.54) is 11.1 Å². The van der Waals surface area contributed by atoms with Gasteiger partial charge < -0.3 is 20.0 Å². The van der Waals surface area contributed by atoms with Gasteiger partial charge in [-0.25, -0.2) is 0 Å². The fourth-order valence-electron chi connectivity index (χ4n) is 1.97. The van der Waals surface area contributed by atoms with Crippen LogP contribution >= 0.6 is 9.24 Å². The zero-order valence-electron chi connectivity index (χ0n) is 14.6. The fraction of sp³-hybridized carbons (Fsp3) is 0. The molecule has 0 aromatic heterocycles. The second-order valence-corrected chi connectivity index (χ2v) is 4.98. The first-order valence-corrected chi connectivity index (χ1v) is 7.74. The topological polar surface area (TPSA) is 20.2 Å². The Kier molecular flexibility index (Phi) is 14.7. The number of aliphatic hydroxyl groups excluding tert-OH is 1. The quantitative estimate of drug-likeness (QED) is 0.222. The van der Waals surface area contributed by atoms with Crippen molar-refractivity contribution in [3.8, 4) is 11.1 Å². The van der Waals surface area contributed by atoms with Gasteiger partial charge in [0.2, 0.25) is 0 Å². The van der Waals surface area contributed by atoms with Gasteiger partial charge in [-0.15, -0.1) is 9.24 Å². The summed E-state index contributed by atoms with van der Waals surface area (Å²) in [6.45, 7) is 0. The van der Waals surface area contributed by atoms with Gasteiger partial charge in [0.05, 0.1) is 0 Å². The van der Waals surface area contributed by atoms with E-state index in [1.807, 2.05) is 42.5 Å². The molecule has 3 aromatic carbocycles. The average molecular weight is 395 g/mol. The molecule has 0 saturated carbocycles. The van der Waals surface area contributed by atoms with E-state index >= 15 is 0 Å². The van der Waals surface area contributed by atoms with Crippen LogP contribution in [0, 0.1) is 14.9 Å². The number of benzene rings is 3. The van der Waals surface area contributed by atoms with E-state index in [4.69, 9.17) is 5.11 Å². The van der Waals surface area contributed by atoms with Crippen LogP contribution in [0.4, 0.5) is 0 Å². The first kappa shape index (κ1) is 25.4. The summed E-state index contributed by atoms with van der Waals surface area (Å²) in [6.07, 6.45) is 0. The molecule has 0 radical (unpaired) electrons. The van der Waals surface area contributed by atoms with Crippen LogP contribution in [0.5, 0.6) is 0 Å². The molecule has 1 unspecified atom stereocenters. The number of hydrogen-bond donors (Lipinski definition) is 1. The Morgan fingerprint density at radius 1 is 0.640 bits per heavy atom. The zero-order chi connectivity index (χ0) is 15.6. The summed E-state index contributed by atoms with van der Waals surface area (Å²) in [6, 6.07) is 30.2. The van der Waals surface area contributed by atoms with E-state index in [-0.39, 0.29) is 31.3 Å². The van der Waals surface area contributed by atoms with E-state index in [2.05, 4.69) is 57.8 Å². The van der Waals surface area contributed by atoms with E-state index in [0.29, 0.717) is 5.76 Å². The molecule has 0 bridgehead atoms. The standard InChI is InChI=1S/C12H10.C8H9OP.2CH3.Ni/c1-3-7-11(8-4-1)12-9-5-2-6-10-12;9-8(6-10)7-4-2-1-3-5-7;;;/h1-10H;1-6,9H,10H2;2*1H3;/q;;2*-1;+2. The van der Waals surface area contributed by atoms with Crippen LogP contribution in [0.25, 0.3) is 16.9 Å². The molecular formula is C22H25NiOP. The molecule has 134 valence electrons. The minimum Gasteiger partial charge on any atom is -0.507 e. The van der Waals surface area contributed by atoms with Gasteiger partial charge in [0.25, 0.3) is 0 Å². The average Bonchev–Trinajstić information content (AvgIpc) is 2.64. The Labute approximate surface area is 165 Å². The molecule has 3 aromatic rings. The van der Waals surface area contributed by atoms with Gasteiger partial charge in [-0.3, -0.25) is 0 Å². The Balaban J connectivity index is 0. The van der Waals surface area contributed by atoms with Crippen LogP contribution in [0.3, 0.4) is 0 Å². The molecule has 1 nitrogen and oxygen atoms in total. The van der Waals surface area contributed by atoms with Crippen LogP contribution in [0.1, 0.15) is 5.56 Å². The summed E-state index contributed by atoms with van der Waals surface area (Å²) in [5.41, 5.74) is 3.40. The van der Waals surface area contributed by atoms with E-state index < -0.39 is 0 Å². The van der Waals surface area contributed by atoms with Crippen molar-refractivity contribution in [1.29, 1.82) is 0 Å². The van der Waals surface area contributed by atoms with Gasteiger partial charge in [-0.2, -0.15) is 0 Å². The van der Waals surface area contributed by atoms with E-state index in [1.54, 1.807) is 5.82 Å². The first-order valence-electron chi connectivity index (χ1n) is 7.08. The van der Waals surface area contributed by atoms with Crippen molar-refractivity contribution in [3.05, 3.63) is 117 Å². The minimum atomic E-state index is 0. The molecule has 25 heavy (non-hydrogen) atoms. The van der Waals surface area contributed by atoms with Crippen molar-refractivity contribution in [2.75, 3.05) is 0 Å². The van der Waals surface area contributed by atoms with Gasteiger partial charge in [-0.1, -0.05) is 91.0 Å². The van der Waals surface area contributed by atoms with Crippen LogP contribution < -0.4 is 0 Å². The summed E-state index contributed by atoms with van der Waals surface area (Å²) < 4.78 is 0. The van der Waals surface area contributed by atoms with Gasteiger partial charge in [0, 0.05) is 5.56 Å². The maximum Gasteiger partial charge on any atom is 2.00 e. The molecule has 0 aliphatic rings. The molecule has 3 heteroatoms. The van der Waals surface area contributed by atoms with Crippen molar-refractivity contribution in [2.45, 2.75) is 0 Å². The molecule has 0 aliphatic carbocycles. The summed E-state index contributed by atoms with van der Waals surface area (Å²) in [7, 11) is 2.36. The Morgan fingerprint density at radius 3 is 1.28 bits per heavy atom. The predicted octanol–water partition coefficient (Wildman–Crippen LogP) is 6.67. The summed E-state index contributed by atoms with van der Waals surface area (Å²) in [4.78, 5) is 0. The van der Waals surface area contributed by atoms with Crippen LogP contribution in [-0.2, 0) is 16.5 Å². The van der Waals surface area contributed by atoms with Crippen LogP contribution in [-0.4, -0.2) is 5.11 Å². The predicted molar refractivity (Wildman–Crippen MR) is 111 cm³/mol. The smallest absolute Gasteiger partial charge is 0.507 e. The van der Waals surface area contributed by atoms with Crippen LogP contribution in [0.15, 0.2) is 96.8 Å². The summed E-state index contributed by atoms with van der Waals surface area (Å²) in [5, 5.41) is 9.17. The third-order valence-corrected chi connectivity index (χ3v) is 3.42. The number of rotatable bonds is 2. The Morgan fingerprint density at radius 2 is 0.960 bits per heavy atom. The second kappa shape index (κ2) is 14.5. The SMILES string of the molecule is OC(=CP)c1ccccc1.[CH3-].[CH3-].[Ni+2].c1ccc(-c2ccccc2)cc1. The molecule has 3 rings (SSSR count). The molecule has 1 atom stereocenters. The molecule has 0 amide bonds. The second-order valence-electron chi connectivity index (χ2n) is 4.65. The van der Waals surface area contributed by atoms with Gasteiger partial charge in [-0.05, 0) is 16.9 Å². The third kappa shape index (κ3) is 8.68. The Hall–Kier alpha value is -1.88. The third-order valence-electron chi connectivity index (χ3n) is 3.11. The molecule has 1 N–H and O–H groups in total. The molecule has 0 aliphatic heterocycles. The molecular weight excluding hydrogens is 370 g/mol. The van der Waals surface area contributed by atoms with Crippen LogP contribution in [0.2, 0.25) is 0 Å². The number of aliphatic hydroxyl groups is 1. The monoisotopic (exact) mass is 394 g/mol. The van der Waals surface area contributed by atoms with Crippen molar-refractivity contribution in [1.82, 2.24) is 0 Å². The fourth-order valence-corrected chi connectivity index (χ4v) is 2.16. The summed E-state index contributed by atoms with van der Waals surface area (Å²) >= 11 is 0. The largest absolute Gasteiger partial charge is 2.00 e. The Bertz CT molecular complexity index is 660. The van der Waals surface area contributed by atoms with E-state index in [0.717, 1.165) is 5.56 Å². The molecule has 0 spiro atoms. The summed E-state index contributed by atoms with van der Waals surface area (Å²) in [5.74, 6) is 1.89. The van der Waals surface area contributed by atoms with Crippen molar-refractivity contribution in [2.24, 2.45) is 0 Å². The normalized spacial score (nSPS) is 9.24. The zero-order valence-corrected chi connectivity index (χ0v) is 16.7. The number of hydrogen-bond acceptors (Lipinski definition) is 1. The van der Waals surface area contributed by atoms with Crippen molar-refractivity contribution < 1.29 is 21.6 Å². The van der Waals surface area contributed by atoms with Gasteiger partial charge >= 0.3 is 16.5 Å². The maximum atomic E-state index is 9.17. The minimum absolute atomic E-state index is 0. The van der Waals surface area contributed by atoms with Crippen molar-refractivity contribution >= 4 is 15.0 Å². The first-order chi connectivity index (χ1) is 10.8. The molecule has 0 saturated heterocycles. The van der Waals surface area contributed by atoms with Gasteiger partial charge in [0.1, 0.15) is 5.76 Å². The molecule has 0 heterocycles. The van der Waals surface area contributed by atoms with E-state index in [9.17, 15) is 0 Å². The van der Waals surface area contributed by atoms with Crippen molar-refractivity contribution in [3.63, 3.8) is 0 Å².